The predicted molar refractivity (Wildman–Crippen MR) is 48.8 cm³/mol. The van der Waals surface area contributed by atoms with Crippen molar-refractivity contribution in [1.82, 2.24) is 4.98 Å². The molecule has 1 aromatic heterocycles. The molecule has 0 saturated carbocycles. The predicted octanol–water partition coefficient (Wildman–Crippen LogP) is 1.11. The number of halogens is 1. The fraction of sp³-hybridized carbons (Fsp3) is 0.444. The molecule has 0 aromatic carbocycles. The lowest BCUT2D eigenvalue weighted by molar-refractivity contribution is 0.571. The molecule has 1 aliphatic heterocycles. The Morgan fingerprint density at radius 3 is 3.08 bits per heavy atom. The molecule has 0 aliphatic carbocycles. The van der Waals surface area contributed by atoms with Gasteiger partial charge in [-0.2, -0.15) is 4.39 Å². The Bertz CT molecular complexity index is 303. The third kappa shape index (κ3) is 1.49. The molecule has 0 unspecified atom stereocenters. The smallest absolute Gasteiger partial charge is 0.236 e. The first-order valence-electron chi connectivity index (χ1n) is 4.42. The second kappa shape index (κ2) is 3.30. The molecule has 0 radical (unpaired) electrons. The van der Waals surface area contributed by atoms with Crippen LogP contribution in [-0.2, 0) is 0 Å². The lowest BCUT2D eigenvalue weighted by Gasteiger charge is -2.22. The molecule has 1 saturated heterocycles. The summed E-state index contributed by atoms with van der Waals surface area (Å²) in [6.45, 7) is 0.823. The molecule has 0 amide bonds. The van der Waals surface area contributed by atoms with Crippen molar-refractivity contribution in [3.63, 3.8) is 0 Å². The van der Waals surface area contributed by atoms with Gasteiger partial charge in [0.25, 0.3) is 0 Å². The molecule has 2 rings (SSSR count). The topological polar surface area (TPSA) is 42.1 Å². The van der Waals surface area contributed by atoms with Gasteiger partial charge in [-0.1, -0.05) is 0 Å². The third-order valence-electron chi connectivity index (χ3n) is 2.35. The molecule has 13 heavy (non-hydrogen) atoms. The Labute approximate surface area is 76.4 Å². The van der Waals surface area contributed by atoms with Crippen molar-refractivity contribution in [3.05, 3.63) is 24.3 Å². The maximum atomic E-state index is 13.2. The van der Waals surface area contributed by atoms with Gasteiger partial charge < -0.3 is 10.6 Å². The average Bonchev–Trinajstić information content (AvgIpc) is 2.52. The zero-order chi connectivity index (χ0) is 9.26. The summed E-state index contributed by atoms with van der Waals surface area (Å²) in [5.74, 6) is -0.431. The molecule has 1 aliphatic rings. The first-order chi connectivity index (χ1) is 6.29. The summed E-state index contributed by atoms with van der Waals surface area (Å²) in [4.78, 5) is 5.46. The van der Waals surface area contributed by atoms with Gasteiger partial charge in [0.2, 0.25) is 5.95 Å². The number of pyridine rings is 1. The summed E-state index contributed by atoms with van der Waals surface area (Å²) in [5, 5.41) is 0. The van der Waals surface area contributed by atoms with Crippen molar-refractivity contribution in [3.8, 4) is 0 Å². The molecule has 1 atom stereocenters. The summed E-state index contributed by atoms with van der Waals surface area (Å²) in [7, 11) is 0. The van der Waals surface area contributed by atoms with E-state index in [2.05, 4.69) is 4.98 Å². The van der Waals surface area contributed by atoms with Gasteiger partial charge in [-0.15, -0.1) is 0 Å². The average molecular weight is 181 g/mol. The second-order valence-electron chi connectivity index (χ2n) is 3.22. The number of hydrogen-bond donors (Lipinski definition) is 1. The summed E-state index contributed by atoms with van der Waals surface area (Å²) < 4.78 is 13.2. The first kappa shape index (κ1) is 8.44. The van der Waals surface area contributed by atoms with E-state index in [1.165, 1.54) is 6.20 Å². The van der Waals surface area contributed by atoms with Gasteiger partial charge in [0.1, 0.15) is 0 Å². The van der Waals surface area contributed by atoms with Crippen LogP contribution in [0.2, 0.25) is 0 Å². The van der Waals surface area contributed by atoms with Crippen molar-refractivity contribution < 1.29 is 4.39 Å². The molecule has 70 valence electrons. The van der Waals surface area contributed by atoms with Crippen LogP contribution in [0.25, 0.3) is 0 Å². The zero-order valence-corrected chi connectivity index (χ0v) is 7.28. The Morgan fingerprint density at radius 2 is 2.46 bits per heavy atom. The maximum absolute atomic E-state index is 13.2. The fourth-order valence-corrected chi connectivity index (χ4v) is 1.68. The number of rotatable bonds is 1. The number of anilines is 1. The van der Waals surface area contributed by atoms with Crippen molar-refractivity contribution in [2.75, 3.05) is 11.4 Å². The summed E-state index contributed by atoms with van der Waals surface area (Å²) in [6.07, 6.45) is 3.34. The standard InChI is InChI=1S/C9H12FN3/c10-9-7(3-1-5-12-9)13-6-2-4-8(13)11/h1,3,5,8H,2,4,6,11H2/t8-/m0/s1. The molecule has 1 aromatic rings. The van der Waals surface area contributed by atoms with E-state index in [0.29, 0.717) is 5.69 Å². The zero-order valence-electron chi connectivity index (χ0n) is 7.28. The van der Waals surface area contributed by atoms with E-state index in [4.69, 9.17) is 5.73 Å². The first-order valence-corrected chi connectivity index (χ1v) is 4.42. The minimum absolute atomic E-state index is 0.0568. The summed E-state index contributed by atoms with van der Waals surface area (Å²) >= 11 is 0. The normalized spacial score (nSPS) is 22.3. The van der Waals surface area contributed by atoms with Crippen LogP contribution in [0.4, 0.5) is 10.1 Å². The van der Waals surface area contributed by atoms with Crippen LogP contribution in [0.1, 0.15) is 12.8 Å². The van der Waals surface area contributed by atoms with Gasteiger partial charge in [0.15, 0.2) is 0 Å². The van der Waals surface area contributed by atoms with Gasteiger partial charge in [-0.25, -0.2) is 4.98 Å². The molecular formula is C9H12FN3. The minimum atomic E-state index is -0.431. The Hall–Kier alpha value is -1.16. The molecule has 1 fully saturated rings. The number of aromatic nitrogens is 1. The molecule has 4 heteroatoms. The highest BCUT2D eigenvalue weighted by Crippen LogP contribution is 2.23. The van der Waals surface area contributed by atoms with Crippen molar-refractivity contribution in [1.29, 1.82) is 0 Å². The van der Waals surface area contributed by atoms with E-state index in [-0.39, 0.29) is 6.17 Å². The van der Waals surface area contributed by atoms with Crippen LogP contribution in [0, 0.1) is 5.95 Å². The highest BCUT2D eigenvalue weighted by molar-refractivity contribution is 5.46. The monoisotopic (exact) mass is 181 g/mol. The minimum Gasteiger partial charge on any atom is -0.353 e. The van der Waals surface area contributed by atoms with Gasteiger partial charge >= 0.3 is 0 Å². The van der Waals surface area contributed by atoms with Crippen LogP contribution in [-0.4, -0.2) is 17.7 Å². The number of nitrogens with two attached hydrogens (primary N) is 1. The van der Waals surface area contributed by atoms with Crippen molar-refractivity contribution >= 4 is 5.69 Å². The number of nitrogens with zero attached hydrogens (tertiary/aromatic N) is 2. The van der Waals surface area contributed by atoms with Crippen LogP contribution in [0.3, 0.4) is 0 Å². The molecule has 3 nitrogen and oxygen atoms in total. The van der Waals surface area contributed by atoms with Crippen LogP contribution < -0.4 is 10.6 Å². The van der Waals surface area contributed by atoms with Gasteiger partial charge in [0.05, 0.1) is 11.9 Å². The molecule has 2 heterocycles. The summed E-state index contributed by atoms with van der Waals surface area (Å²) in [5.41, 5.74) is 6.33. The summed E-state index contributed by atoms with van der Waals surface area (Å²) in [6, 6.07) is 3.44. The Morgan fingerprint density at radius 1 is 1.62 bits per heavy atom. The van der Waals surface area contributed by atoms with E-state index in [9.17, 15) is 4.39 Å². The van der Waals surface area contributed by atoms with E-state index < -0.39 is 5.95 Å². The van der Waals surface area contributed by atoms with E-state index in [0.717, 1.165) is 19.4 Å². The lowest BCUT2D eigenvalue weighted by atomic mass is 10.3. The highest BCUT2D eigenvalue weighted by Gasteiger charge is 2.23. The highest BCUT2D eigenvalue weighted by atomic mass is 19.1. The Kier molecular flexibility index (Phi) is 2.14. The van der Waals surface area contributed by atoms with E-state index in [1.54, 1.807) is 12.1 Å². The fourth-order valence-electron chi connectivity index (χ4n) is 1.68. The molecule has 0 spiro atoms. The van der Waals surface area contributed by atoms with Gasteiger partial charge in [-0.3, -0.25) is 0 Å². The van der Waals surface area contributed by atoms with E-state index in [1.807, 2.05) is 4.90 Å². The SMILES string of the molecule is N[C@@H]1CCCN1c1cccnc1F. The van der Waals surface area contributed by atoms with Crippen molar-refractivity contribution in [2.24, 2.45) is 5.73 Å². The lowest BCUT2D eigenvalue weighted by Crippen LogP contribution is -2.37. The van der Waals surface area contributed by atoms with Gasteiger partial charge in [0, 0.05) is 12.7 Å². The largest absolute Gasteiger partial charge is 0.353 e. The molecule has 0 bridgehead atoms. The van der Waals surface area contributed by atoms with Crippen LogP contribution in [0.5, 0.6) is 0 Å². The van der Waals surface area contributed by atoms with E-state index >= 15 is 0 Å². The van der Waals surface area contributed by atoms with Crippen LogP contribution in [0.15, 0.2) is 18.3 Å². The quantitative estimate of drug-likeness (QED) is 0.660. The molecular weight excluding hydrogens is 169 g/mol. The third-order valence-corrected chi connectivity index (χ3v) is 2.35. The van der Waals surface area contributed by atoms with Crippen molar-refractivity contribution in [2.45, 2.75) is 19.0 Å². The number of hydrogen-bond acceptors (Lipinski definition) is 3. The Balaban J connectivity index is 2.29. The maximum Gasteiger partial charge on any atom is 0.236 e. The van der Waals surface area contributed by atoms with Crippen LogP contribution >= 0.6 is 0 Å². The van der Waals surface area contributed by atoms with Gasteiger partial charge in [-0.05, 0) is 25.0 Å². The second-order valence-corrected chi connectivity index (χ2v) is 3.22. The molecule has 2 N–H and O–H groups in total.